The summed E-state index contributed by atoms with van der Waals surface area (Å²) < 4.78 is 0. The lowest BCUT2D eigenvalue weighted by Gasteiger charge is -2.12. The molecule has 0 heterocycles. The van der Waals surface area contributed by atoms with Crippen molar-refractivity contribution in [2.24, 2.45) is 0 Å². The van der Waals surface area contributed by atoms with Crippen molar-refractivity contribution in [3.63, 3.8) is 0 Å². The van der Waals surface area contributed by atoms with Crippen LogP contribution in [0.1, 0.15) is 0 Å². The normalized spacial score (nSPS) is 10.2. The Morgan fingerprint density at radius 2 is 1.40 bits per heavy atom. The van der Waals surface area contributed by atoms with Crippen LogP contribution in [0.5, 0.6) is 0 Å². The van der Waals surface area contributed by atoms with Crippen molar-refractivity contribution < 1.29 is 0 Å². The molecule has 0 aromatic heterocycles. The van der Waals surface area contributed by atoms with Crippen LogP contribution in [0.3, 0.4) is 0 Å². The van der Waals surface area contributed by atoms with Crippen LogP contribution in [-0.4, -0.2) is 5.11 Å². The van der Waals surface area contributed by atoms with Gasteiger partial charge in [0.25, 0.3) is 0 Å². The van der Waals surface area contributed by atoms with Gasteiger partial charge in [-0.05, 0) is 48.6 Å². The number of hydrogen-bond donors (Lipinski definition) is 3. The fourth-order valence-corrected chi connectivity index (χ4v) is 2.32. The second kappa shape index (κ2) is 6.50. The lowest BCUT2D eigenvalue weighted by atomic mass is 10.3. The van der Waals surface area contributed by atoms with E-state index in [1.54, 1.807) is 24.3 Å². The summed E-state index contributed by atoms with van der Waals surface area (Å²) in [5.41, 5.74) is 7.77. The molecule has 0 bridgehead atoms. The van der Waals surface area contributed by atoms with Crippen molar-refractivity contribution in [2.45, 2.75) is 0 Å². The molecule has 104 valence electrons. The van der Waals surface area contributed by atoms with Gasteiger partial charge in [-0.3, -0.25) is 0 Å². The fourth-order valence-electron chi connectivity index (χ4n) is 1.49. The Bertz CT molecular complexity index is 621. The number of nitrogen functional groups attached to an aromatic ring is 1. The SMILES string of the molecule is Nc1ccc(NC(=S)Nc2cc(Cl)c(Cl)c(Cl)c2)cc1. The van der Waals surface area contributed by atoms with Gasteiger partial charge in [-0.2, -0.15) is 0 Å². The Morgan fingerprint density at radius 1 is 0.900 bits per heavy atom. The molecule has 2 aromatic carbocycles. The third-order valence-electron chi connectivity index (χ3n) is 2.41. The van der Waals surface area contributed by atoms with Crippen LogP contribution in [-0.2, 0) is 0 Å². The summed E-state index contributed by atoms with van der Waals surface area (Å²) in [5.74, 6) is 0. The predicted octanol–water partition coefficient (Wildman–Crippen LogP) is 5.04. The van der Waals surface area contributed by atoms with Crippen LogP contribution in [0.25, 0.3) is 0 Å². The maximum Gasteiger partial charge on any atom is 0.175 e. The summed E-state index contributed by atoms with van der Waals surface area (Å²) >= 11 is 23.0. The minimum Gasteiger partial charge on any atom is -0.399 e. The molecular weight excluding hydrogens is 337 g/mol. The van der Waals surface area contributed by atoms with E-state index >= 15 is 0 Å². The van der Waals surface area contributed by atoms with E-state index in [0.29, 0.717) is 31.6 Å². The van der Waals surface area contributed by atoms with Gasteiger partial charge in [0.2, 0.25) is 0 Å². The summed E-state index contributed by atoms with van der Waals surface area (Å²) in [5, 5.41) is 7.43. The Balaban J connectivity index is 2.06. The van der Waals surface area contributed by atoms with Gasteiger partial charge >= 0.3 is 0 Å². The number of thiocarbonyl (C=S) groups is 1. The van der Waals surface area contributed by atoms with Crippen molar-refractivity contribution in [1.82, 2.24) is 0 Å². The monoisotopic (exact) mass is 345 g/mol. The zero-order valence-corrected chi connectivity index (χ0v) is 13.2. The van der Waals surface area contributed by atoms with Crippen molar-refractivity contribution in [1.29, 1.82) is 0 Å². The lowest BCUT2D eigenvalue weighted by molar-refractivity contribution is 1.59. The van der Waals surface area contributed by atoms with E-state index in [9.17, 15) is 0 Å². The largest absolute Gasteiger partial charge is 0.399 e. The Morgan fingerprint density at radius 3 is 1.95 bits per heavy atom. The van der Waals surface area contributed by atoms with Crippen molar-refractivity contribution >= 4 is 69.2 Å². The van der Waals surface area contributed by atoms with E-state index < -0.39 is 0 Å². The number of nitrogens with one attached hydrogen (secondary N) is 2. The zero-order chi connectivity index (χ0) is 14.7. The average molecular weight is 347 g/mol. The zero-order valence-electron chi connectivity index (χ0n) is 10.1. The van der Waals surface area contributed by atoms with Crippen LogP contribution < -0.4 is 16.4 Å². The molecule has 0 aliphatic carbocycles. The van der Waals surface area contributed by atoms with Crippen LogP contribution in [0.15, 0.2) is 36.4 Å². The Kier molecular flexibility index (Phi) is 4.94. The Hall–Kier alpha value is -1.20. The van der Waals surface area contributed by atoms with Gasteiger partial charge in [-0.15, -0.1) is 0 Å². The third kappa shape index (κ3) is 3.90. The second-order valence-corrected chi connectivity index (χ2v) is 5.56. The molecule has 20 heavy (non-hydrogen) atoms. The van der Waals surface area contributed by atoms with Crippen molar-refractivity contribution in [2.75, 3.05) is 16.4 Å². The standard InChI is InChI=1S/C13H10Cl3N3S/c14-10-5-9(6-11(15)12(10)16)19-13(20)18-8-3-1-7(17)2-4-8/h1-6H,17H2,(H2,18,19,20). The first-order valence-corrected chi connectivity index (χ1v) is 7.08. The third-order valence-corrected chi connectivity index (χ3v) is 3.81. The summed E-state index contributed by atoms with van der Waals surface area (Å²) in [6.07, 6.45) is 0. The topological polar surface area (TPSA) is 50.1 Å². The van der Waals surface area contributed by atoms with Crippen LogP contribution in [0, 0.1) is 0 Å². The molecule has 3 nitrogen and oxygen atoms in total. The first-order valence-electron chi connectivity index (χ1n) is 5.54. The number of halogens is 3. The highest BCUT2D eigenvalue weighted by molar-refractivity contribution is 7.80. The highest BCUT2D eigenvalue weighted by Gasteiger charge is 2.07. The molecule has 2 rings (SSSR count). The molecule has 0 aliphatic heterocycles. The summed E-state index contributed by atoms with van der Waals surface area (Å²) in [7, 11) is 0. The number of nitrogens with two attached hydrogens (primary N) is 1. The molecule has 0 atom stereocenters. The molecule has 7 heteroatoms. The maximum atomic E-state index is 5.95. The fraction of sp³-hybridized carbons (Fsp3) is 0. The minimum absolute atomic E-state index is 0.316. The maximum absolute atomic E-state index is 5.95. The van der Waals surface area contributed by atoms with Gasteiger partial charge in [-0.1, -0.05) is 34.8 Å². The van der Waals surface area contributed by atoms with Gasteiger partial charge in [0.1, 0.15) is 0 Å². The van der Waals surface area contributed by atoms with Crippen molar-refractivity contribution in [3.8, 4) is 0 Å². The lowest BCUT2D eigenvalue weighted by Crippen LogP contribution is -2.19. The molecule has 0 amide bonds. The van der Waals surface area contributed by atoms with Gasteiger partial charge in [0.15, 0.2) is 5.11 Å². The van der Waals surface area contributed by atoms with Gasteiger partial charge in [0, 0.05) is 17.1 Å². The number of anilines is 3. The molecule has 0 unspecified atom stereocenters. The molecule has 4 N–H and O–H groups in total. The van der Waals surface area contributed by atoms with E-state index in [1.807, 2.05) is 12.1 Å². The first kappa shape index (κ1) is 15.2. The molecule has 2 aromatic rings. The first-order chi connectivity index (χ1) is 9.45. The van der Waals surface area contributed by atoms with Crippen molar-refractivity contribution in [3.05, 3.63) is 51.5 Å². The molecule has 0 saturated heterocycles. The van der Waals surface area contributed by atoms with Crippen LogP contribution in [0.2, 0.25) is 15.1 Å². The summed E-state index contributed by atoms with van der Waals surface area (Å²) in [4.78, 5) is 0. The van der Waals surface area contributed by atoms with E-state index in [4.69, 9.17) is 52.8 Å². The molecule has 0 aliphatic rings. The summed E-state index contributed by atoms with van der Waals surface area (Å²) in [6.45, 7) is 0. The molecular formula is C13H10Cl3N3S. The van der Waals surface area contributed by atoms with E-state index in [2.05, 4.69) is 10.6 Å². The van der Waals surface area contributed by atoms with Gasteiger partial charge in [-0.25, -0.2) is 0 Å². The predicted molar refractivity (Wildman–Crippen MR) is 92.2 cm³/mol. The average Bonchev–Trinajstić information content (AvgIpc) is 2.38. The van der Waals surface area contributed by atoms with E-state index in [-0.39, 0.29) is 0 Å². The van der Waals surface area contributed by atoms with Crippen LogP contribution >= 0.6 is 47.0 Å². The summed E-state index contributed by atoms with van der Waals surface area (Å²) in [6, 6.07) is 10.5. The molecule has 0 spiro atoms. The molecule has 0 radical (unpaired) electrons. The number of rotatable bonds is 2. The number of hydrogen-bond acceptors (Lipinski definition) is 2. The van der Waals surface area contributed by atoms with Crippen LogP contribution in [0.4, 0.5) is 17.1 Å². The number of benzene rings is 2. The smallest absolute Gasteiger partial charge is 0.175 e. The second-order valence-electron chi connectivity index (χ2n) is 3.96. The highest BCUT2D eigenvalue weighted by atomic mass is 35.5. The van der Waals surface area contributed by atoms with E-state index in [0.717, 1.165) is 5.69 Å². The Labute approximate surface area is 137 Å². The molecule has 0 saturated carbocycles. The van der Waals surface area contributed by atoms with Gasteiger partial charge in [0.05, 0.1) is 15.1 Å². The quantitative estimate of drug-likeness (QED) is 0.405. The van der Waals surface area contributed by atoms with E-state index in [1.165, 1.54) is 0 Å². The molecule has 0 fully saturated rings. The highest BCUT2D eigenvalue weighted by Crippen LogP contribution is 2.33. The van der Waals surface area contributed by atoms with Gasteiger partial charge < -0.3 is 16.4 Å². The minimum atomic E-state index is 0.316.